The molecule has 1 aromatic carbocycles. The second kappa shape index (κ2) is 4.46. The van der Waals surface area contributed by atoms with Crippen LogP contribution in [0.15, 0.2) is 18.2 Å². The Kier molecular flexibility index (Phi) is 3.46. The van der Waals surface area contributed by atoms with Crippen LogP contribution in [0.3, 0.4) is 0 Å². The quantitative estimate of drug-likeness (QED) is 0.567. The van der Waals surface area contributed by atoms with Crippen molar-refractivity contribution < 1.29 is 18.0 Å². The Labute approximate surface area is 91.2 Å². The third-order valence-corrected chi connectivity index (χ3v) is 1.83. The molecule has 1 aromatic rings. The van der Waals surface area contributed by atoms with Crippen LogP contribution in [0.25, 0.3) is 0 Å². The average molecular weight is 228 g/mol. The molecule has 0 aliphatic heterocycles. The van der Waals surface area contributed by atoms with Gasteiger partial charge in [-0.25, -0.2) is 0 Å². The third-order valence-electron chi connectivity index (χ3n) is 1.83. The summed E-state index contributed by atoms with van der Waals surface area (Å²) in [5, 5.41) is 1.71. The van der Waals surface area contributed by atoms with E-state index >= 15 is 0 Å². The highest BCUT2D eigenvalue weighted by molar-refractivity contribution is 6.36. The van der Waals surface area contributed by atoms with Gasteiger partial charge in [-0.2, -0.15) is 13.2 Å². The van der Waals surface area contributed by atoms with E-state index in [1.54, 1.807) is 5.32 Å². The number of alkyl halides is 3. The van der Waals surface area contributed by atoms with E-state index in [1.165, 1.54) is 18.2 Å². The number of benzene rings is 1. The smallest absolute Gasteiger partial charge is 0.399 e. The van der Waals surface area contributed by atoms with Gasteiger partial charge in [0.2, 0.25) is 0 Å². The number of amides is 1. The zero-order valence-electron chi connectivity index (χ0n) is 8.14. The van der Waals surface area contributed by atoms with Crippen LogP contribution in [0.5, 0.6) is 0 Å². The van der Waals surface area contributed by atoms with Crippen LogP contribution in [0.4, 0.5) is 18.9 Å². The summed E-state index contributed by atoms with van der Waals surface area (Å²) in [6.45, 7) is -1.40. The molecule has 0 saturated heterocycles. The molecule has 0 fully saturated rings. The number of hydrogen-bond acceptors (Lipinski definition) is 2. The Hall–Kier alpha value is -1.66. The maximum atomic E-state index is 11.8. The van der Waals surface area contributed by atoms with Gasteiger partial charge < -0.3 is 11.1 Å². The lowest BCUT2D eigenvalue weighted by Crippen LogP contribution is -2.34. The standard InChI is InChI=1S/C9H8BF3N2O/c10-6-3-1-2-5(7(6)14)8(16)15-4-9(11,12)13/h1-3H,4,14H2,(H,15,16). The highest BCUT2D eigenvalue weighted by Crippen LogP contribution is 2.13. The number of nitrogen functional groups attached to an aromatic ring is 1. The SMILES string of the molecule is [B]c1cccc(C(=O)NCC(F)(F)F)c1N. The summed E-state index contributed by atoms with van der Waals surface area (Å²) in [7, 11) is 5.41. The minimum absolute atomic E-state index is 0.0258. The average Bonchev–Trinajstić information content (AvgIpc) is 2.17. The first-order valence-corrected chi connectivity index (χ1v) is 4.30. The highest BCUT2D eigenvalue weighted by Gasteiger charge is 2.28. The molecular weight excluding hydrogens is 220 g/mol. The van der Waals surface area contributed by atoms with Gasteiger partial charge in [0.05, 0.1) is 5.56 Å². The van der Waals surface area contributed by atoms with Gasteiger partial charge in [-0.1, -0.05) is 17.6 Å². The number of halogens is 3. The maximum Gasteiger partial charge on any atom is 0.405 e. The van der Waals surface area contributed by atoms with E-state index in [0.29, 0.717) is 0 Å². The number of rotatable bonds is 2. The molecule has 0 atom stereocenters. The Balaban J connectivity index is 2.78. The van der Waals surface area contributed by atoms with Gasteiger partial charge in [0, 0.05) is 5.69 Å². The molecule has 16 heavy (non-hydrogen) atoms. The fourth-order valence-electron chi connectivity index (χ4n) is 1.06. The molecule has 84 valence electrons. The van der Waals surface area contributed by atoms with Crippen molar-refractivity contribution in [3.05, 3.63) is 23.8 Å². The number of nitrogens with one attached hydrogen (secondary N) is 1. The summed E-state index contributed by atoms with van der Waals surface area (Å²) in [6, 6.07) is 4.20. The number of carbonyl (C=O) groups excluding carboxylic acids is 1. The molecule has 3 nitrogen and oxygen atoms in total. The largest absolute Gasteiger partial charge is 0.405 e. The lowest BCUT2D eigenvalue weighted by molar-refractivity contribution is -0.123. The van der Waals surface area contributed by atoms with Gasteiger partial charge in [-0.15, -0.1) is 0 Å². The van der Waals surface area contributed by atoms with Gasteiger partial charge >= 0.3 is 6.18 Å². The minimum Gasteiger partial charge on any atom is -0.399 e. The summed E-state index contributed by atoms with van der Waals surface area (Å²) >= 11 is 0. The number of hydrogen-bond donors (Lipinski definition) is 2. The number of anilines is 1. The summed E-state index contributed by atoms with van der Waals surface area (Å²) in [6.07, 6.45) is -4.45. The van der Waals surface area contributed by atoms with Crippen molar-refractivity contribution in [2.45, 2.75) is 6.18 Å². The molecule has 3 N–H and O–H groups in total. The maximum absolute atomic E-state index is 11.8. The molecule has 2 radical (unpaired) electrons. The van der Waals surface area contributed by atoms with Gasteiger partial charge in [-0.3, -0.25) is 4.79 Å². The van der Waals surface area contributed by atoms with Crippen molar-refractivity contribution in [2.75, 3.05) is 12.3 Å². The Bertz CT molecular complexity index is 406. The predicted octanol–water partition coefficient (Wildman–Crippen LogP) is 0.355. The molecular formula is C9H8BF3N2O. The molecule has 0 heterocycles. The van der Waals surface area contributed by atoms with E-state index in [9.17, 15) is 18.0 Å². The molecule has 0 aromatic heterocycles. The Morgan fingerprint density at radius 3 is 2.62 bits per heavy atom. The number of nitrogens with two attached hydrogens (primary N) is 1. The van der Waals surface area contributed by atoms with Crippen LogP contribution in [-0.4, -0.2) is 26.5 Å². The van der Waals surface area contributed by atoms with Crippen molar-refractivity contribution in [2.24, 2.45) is 0 Å². The van der Waals surface area contributed by atoms with Crippen LogP contribution in [0.2, 0.25) is 0 Å². The van der Waals surface area contributed by atoms with E-state index in [1.807, 2.05) is 0 Å². The summed E-state index contributed by atoms with van der Waals surface area (Å²) in [5.41, 5.74) is 5.52. The zero-order chi connectivity index (χ0) is 12.3. The monoisotopic (exact) mass is 228 g/mol. The zero-order valence-corrected chi connectivity index (χ0v) is 8.14. The fourth-order valence-corrected chi connectivity index (χ4v) is 1.06. The molecule has 1 amide bonds. The first kappa shape index (κ1) is 12.4. The van der Waals surface area contributed by atoms with E-state index in [2.05, 4.69) is 0 Å². The van der Waals surface area contributed by atoms with E-state index in [0.717, 1.165) is 0 Å². The van der Waals surface area contributed by atoms with E-state index in [-0.39, 0.29) is 16.7 Å². The lowest BCUT2D eigenvalue weighted by Gasteiger charge is -2.11. The summed E-state index contributed by atoms with van der Waals surface area (Å²) < 4.78 is 35.5. The molecule has 1 rings (SSSR count). The van der Waals surface area contributed by atoms with Crippen LogP contribution >= 0.6 is 0 Å². The highest BCUT2D eigenvalue weighted by atomic mass is 19.4. The topological polar surface area (TPSA) is 55.1 Å². The lowest BCUT2D eigenvalue weighted by atomic mass is 9.91. The molecule has 0 unspecified atom stereocenters. The first-order valence-electron chi connectivity index (χ1n) is 4.30. The summed E-state index contributed by atoms with van der Waals surface area (Å²) in [5.74, 6) is -0.901. The van der Waals surface area contributed by atoms with Crippen LogP contribution in [-0.2, 0) is 0 Å². The molecule has 0 aliphatic carbocycles. The normalized spacial score (nSPS) is 11.2. The second-order valence-corrected chi connectivity index (χ2v) is 3.11. The minimum atomic E-state index is -4.45. The third kappa shape index (κ3) is 3.18. The van der Waals surface area contributed by atoms with Gasteiger partial charge in [0.25, 0.3) is 5.91 Å². The van der Waals surface area contributed by atoms with Crippen molar-refractivity contribution in [1.29, 1.82) is 0 Å². The molecule has 0 aliphatic rings. The Morgan fingerprint density at radius 1 is 1.44 bits per heavy atom. The van der Waals surface area contributed by atoms with E-state index < -0.39 is 18.6 Å². The van der Waals surface area contributed by atoms with Gasteiger partial charge in [-0.05, 0) is 6.07 Å². The van der Waals surface area contributed by atoms with Crippen molar-refractivity contribution >= 4 is 24.9 Å². The van der Waals surface area contributed by atoms with Crippen LogP contribution in [0, 0.1) is 0 Å². The van der Waals surface area contributed by atoms with Crippen molar-refractivity contribution in [1.82, 2.24) is 5.32 Å². The molecule has 0 bridgehead atoms. The number of carbonyl (C=O) groups is 1. The fraction of sp³-hybridized carbons (Fsp3) is 0.222. The number of para-hydroxylation sites is 1. The van der Waals surface area contributed by atoms with Gasteiger partial charge in [0.1, 0.15) is 14.4 Å². The molecule has 0 spiro atoms. The first-order chi connectivity index (χ1) is 7.31. The molecule has 0 saturated carbocycles. The second-order valence-electron chi connectivity index (χ2n) is 3.11. The van der Waals surface area contributed by atoms with Crippen molar-refractivity contribution in [3.63, 3.8) is 0 Å². The predicted molar refractivity (Wildman–Crippen MR) is 54.6 cm³/mol. The Morgan fingerprint density at radius 2 is 2.06 bits per heavy atom. The van der Waals surface area contributed by atoms with Gasteiger partial charge in [0.15, 0.2) is 0 Å². The van der Waals surface area contributed by atoms with Crippen LogP contribution < -0.4 is 16.5 Å². The van der Waals surface area contributed by atoms with E-state index in [4.69, 9.17) is 13.6 Å². The van der Waals surface area contributed by atoms with Crippen molar-refractivity contribution in [3.8, 4) is 0 Å². The van der Waals surface area contributed by atoms with Crippen LogP contribution in [0.1, 0.15) is 10.4 Å². The summed E-state index contributed by atoms with van der Waals surface area (Å²) in [4.78, 5) is 11.3. The molecule has 7 heteroatoms.